The Morgan fingerprint density at radius 1 is 1.41 bits per heavy atom. The van der Waals surface area contributed by atoms with Crippen molar-refractivity contribution in [3.05, 3.63) is 29.8 Å². The molecular weight excluding hydrogens is 230 g/mol. The van der Waals surface area contributed by atoms with Gasteiger partial charge in [0.15, 0.2) is 0 Å². The van der Waals surface area contributed by atoms with Crippen LogP contribution in [0.1, 0.15) is 43.0 Å². The smallest absolute Gasteiger partial charge is 0.254 e. The topological polar surface area (TPSA) is 20.3 Å². The van der Waals surface area contributed by atoms with Gasteiger partial charge in [0.2, 0.25) is 0 Å². The van der Waals surface area contributed by atoms with Crippen molar-refractivity contribution in [2.45, 2.75) is 43.5 Å². The summed E-state index contributed by atoms with van der Waals surface area (Å²) in [7, 11) is 0. The Morgan fingerprint density at radius 2 is 2.12 bits per heavy atom. The number of benzene rings is 1. The third-order valence-electron chi connectivity index (χ3n) is 3.46. The van der Waals surface area contributed by atoms with Crippen LogP contribution in [0.25, 0.3) is 0 Å². The number of carbonyl (C=O) groups excluding carboxylic acids is 1. The van der Waals surface area contributed by atoms with Crippen LogP contribution in [0.3, 0.4) is 0 Å². The Hall–Kier alpha value is -0.960. The van der Waals surface area contributed by atoms with Gasteiger partial charge in [-0.15, -0.1) is 12.6 Å². The summed E-state index contributed by atoms with van der Waals surface area (Å²) in [5.41, 5.74) is 0.756. The highest BCUT2D eigenvalue weighted by Crippen LogP contribution is 2.25. The molecule has 0 saturated heterocycles. The number of amides is 1. The summed E-state index contributed by atoms with van der Waals surface area (Å²) in [4.78, 5) is 15.3. The molecule has 0 heterocycles. The number of carbonyl (C=O) groups is 1. The SMILES string of the molecule is CCN(C(=O)c1cccc(S)c1)C1CCCC1. The molecule has 0 N–H and O–H groups in total. The number of nitrogens with zero attached hydrogens (tertiary/aromatic N) is 1. The van der Waals surface area contributed by atoms with Crippen LogP contribution in [0.2, 0.25) is 0 Å². The first-order valence-electron chi connectivity index (χ1n) is 6.32. The van der Waals surface area contributed by atoms with Crippen LogP contribution in [-0.2, 0) is 0 Å². The van der Waals surface area contributed by atoms with Crippen LogP contribution in [-0.4, -0.2) is 23.4 Å². The van der Waals surface area contributed by atoms with Crippen LogP contribution in [0, 0.1) is 0 Å². The summed E-state index contributed by atoms with van der Waals surface area (Å²) in [6, 6.07) is 7.95. The van der Waals surface area contributed by atoms with E-state index in [-0.39, 0.29) is 5.91 Å². The van der Waals surface area contributed by atoms with E-state index in [1.165, 1.54) is 12.8 Å². The highest BCUT2D eigenvalue weighted by Gasteiger charge is 2.25. The quantitative estimate of drug-likeness (QED) is 0.814. The van der Waals surface area contributed by atoms with Gasteiger partial charge in [-0.3, -0.25) is 4.79 Å². The summed E-state index contributed by atoms with van der Waals surface area (Å²) < 4.78 is 0. The lowest BCUT2D eigenvalue weighted by molar-refractivity contribution is 0.0693. The maximum Gasteiger partial charge on any atom is 0.254 e. The molecule has 1 aliphatic carbocycles. The lowest BCUT2D eigenvalue weighted by Crippen LogP contribution is -2.38. The highest BCUT2D eigenvalue weighted by molar-refractivity contribution is 7.80. The first-order valence-corrected chi connectivity index (χ1v) is 6.77. The van der Waals surface area contributed by atoms with Crippen molar-refractivity contribution in [3.8, 4) is 0 Å². The fraction of sp³-hybridized carbons (Fsp3) is 0.500. The van der Waals surface area contributed by atoms with Gasteiger partial charge in [-0.1, -0.05) is 18.9 Å². The molecule has 17 heavy (non-hydrogen) atoms. The monoisotopic (exact) mass is 249 g/mol. The Bertz CT molecular complexity index is 399. The predicted octanol–water partition coefficient (Wildman–Crippen LogP) is 3.38. The molecule has 0 radical (unpaired) electrons. The molecule has 0 atom stereocenters. The minimum Gasteiger partial charge on any atom is -0.336 e. The zero-order valence-corrected chi connectivity index (χ0v) is 11.1. The maximum atomic E-state index is 12.4. The minimum absolute atomic E-state index is 0.148. The molecule has 1 aromatic carbocycles. The Morgan fingerprint density at radius 3 is 2.71 bits per heavy atom. The van der Waals surface area contributed by atoms with Gasteiger partial charge in [-0.2, -0.15) is 0 Å². The van der Waals surface area contributed by atoms with Crippen LogP contribution in [0.5, 0.6) is 0 Å². The zero-order chi connectivity index (χ0) is 12.3. The van der Waals surface area contributed by atoms with Crippen molar-refractivity contribution in [1.82, 2.24) is 4.90 Å². The van der Waals surface area contributed by atoms with Crippen LogP contribution < -0.4 is 0 Å². The molecule has 1 fully saturated rings. The molecule has 2 nitrogen and oxygen atoms in total. The first kappa shape index (κ1) is 12.5. The summed E-state index contributed by atoms with van der Waals surface area (Å²) in [5, 5.41) is 0. The third-order valence-corrected chi connectivity index (χ3v) is 3.74. The normalized spacial score (nSPS) is 16.1. The van der Waals surface area contributed by atoms with Gasteiger partial charge in [-0.25, -0.2) is 0 Å². The maximum absolute atomic E-state index is 12.4. The third kappa shape index (κ3) is 2.83. The Kier molecular flexibility index (Phi) is 4.11. The fourth-order valence-electron chi connectivity index (χ4n) is 2.59. The number of hydrogen-bond donors (Lipinski definition) is 1. The van der Waals surface area contributed by atoms with E-state index in [1.54, 1.807) is 0 Å². The van der Waals surface area contributed by atoms with Crippen molar-refractivity contribution in [3.63, 3.8) is 0 Å². The standard InChI is InChI=1S/C14H19NOS/c1-2-15(12-7-3-4-8-12)14(16)11-6-5-9-13(17)10-11/h5-6,9-10,12,17H,2-4,7-8H2,1H3. The molecule has 0 unspecified atom stereocenters. The molecule has 0 aromatic heterocycles. The molecule has 1 aromatic rings. The molecule has 0 spiro atoms. The minimum atomic E-state index is 0.148. The van der Waals surface area contributed by atoms with Gasteiger partial charge in [0.05, 0.1) is 0 Å². The predicted molar refractivity (Wildman–Crippen MR) is 72.7 cm³/mol. The second-order valence-electron chi connectivity index (χ2n) is 4.58. The average Bonchev–Trinajstić information content (AvgIpc) is 2.83. The largest absolute Gasteiger partial charge is 0.336 e. The van der Waals surface area contributed by atoms with Crippen molar-refractivity contribution in [2.24, 2.45) is 0 Å². The number of rotatable bonds is 3. The zero-order valence-electron chi connectivity index (χ0n) is 10.2. The lowest BCUT2D eigenvalue weighted by Gasteiger charge is -2.27. The van der Waals surface area contributed by atoms with Crippen LogP contribution in [0.4, 0.5) is 0 Å². The molecular formula is C14H19NOS. The van der Waals surface area contributed by atoms with Gasteiger partial charge in [0.1, 0.15) is 0 Å². The number of thiol groups is 1. The second kappa shape index (κ2) is 5.58. The number of hydrogen-bond acceptors (Lipinski definition) is 2. The van der Waals surface area contributed by atoms with E-state index in [1.807, 2.05) is 29.2 Å². The summed E-state index contributed by atoms with van der Waals surface area (Å²) in [5.74, 6) is 0.148. The molecule has 1 amide bonds. The van der Waals surface area contributed by atoms with Crippen molar-refractivity contribution in [2.75, 3.05) is 6.54 Å². The van der Waals surface area contributed by atoms with E-state index in [9.17, 15) is 4.79 Å². The van der Waals surface area contributed by atoms with Crippen molar-refractivity contribution in [1.29, 1.82) is 0 Å². The average molecular weight is 249 g/mol. The van der Waals surface area contributed by atoms with E-state index >= 15 is 0 Å². The van der Waals surface area contributed by atoms with E-state index in [0.717, 1.165) is 29.8 Å². The molecule has 3 heteroatoms. The van der Waals surface area contributed by atoms with E-state index in [0.29, 0.717) is 6.04 Å². The second-order valence-corrected chi connectivity index (χ2v) is 5.10. The Balaban J connectivity index is 2.16. The fourth-order valence-corrected chi connectivity index (χ4v) is 2.81. The molecule has 2 rings (SSSR count). The molecule has 1 aliphatic rings. The summed E-state index contributed by atoms with van der Waals surface area (Å²) >= 11 is 4.29. The first-order chi connectivity index (χ1) is 8.22. The van der Waals surface area contributed by atoms with Gasteiger partial charge in [-0.05, 0) is 38.0 Å². The Labute approximate surface area is 108 Å². The van der Waals surface area contributed by atoms with Gasteiger partial charge in [0.25, 0.3) is 5.91 Å². The highest BCUT2D eigenvalue weighted by atomic mass is 32.1. The van der Waals surface area contributed by atoms with E-state index in [4.69, 9.17) is 0 Å². The van der Waals surface area contributed by atoms with Crippen LogP contribution in [0.15, 0.2) is 29.2 Å². The van der Waals surface area contributed by atoms with Crippen LogP contribution >= 0.6 is 12.6 Å². The van der Waals surface area contributed by atoms with Crippen molar-refractivity contribution >= 4 is 18.5 Å². The molecule has 0 aliphatic heterocycles. The van der Waals surface area contributed by atoms with Gasteiger partial charge >= 0.3 is 0 Å². The van der Waals surface area contributed by atoms with Crippen molar-refractivity contribution < 1.29 is 4.79 Å². The lowest BCUT2D eigenvalue weighted by atomic mass is 10.1. The summed E-state index contributed by atoms with van der Waals surface area (Å²) in [6.07, 6.45) is 4.81. The molecule has 1 saturated carbocycles. The van der Waals surface area contributed by atoms with Gasteiger partial charge in [0, 0.05) is 23.0 Å². The van der Waals surface area contributed by atoms with E-state index in [2.05, 4.69) is 19.6 Å². The van der Waals surface area contributed by atoms with E-state index < -0.39 is 0 Å². The molecule has 92 valence electrons. The van der Waals surface area contributed by atoms with Gasteiger partial charge < -0.3 is 4.90 Å². The molecule has 0 bridgehead atoms. The summed E-state index contributed by atoms with van der Waals surface area (Å²) in [6.45, 7) is 2.85.